The second kappa shape index (κ2) is 6.21. The maximum Gasteiger partial charge on any atom is 0.307 e. The third kappa shape index (κ3) is 4.49. The molecule has 4 heteroatoms. The Kier molecular flexibility index (Phi) is 5.22. The summed E-state index contributed by atoms with van der Waals surface area (Å²) in [6.45, 7) is 3.56. The van der Waals surface area contributed by atoms with Crippen LogP contribution in [0.2, 0.25) is 0 Å². The number of carbonyl (C=O) groups is 1. The van der Waals surface area contributed by atoms with Crippen molar-refractivity contribution in [3.05, 3.63) is 0 Å². The van der Waals surface area contributed by atoms with Crippen molar-refractivity contribution in [2.45, 2.75) is 44.6 Å². The third-order valence-corrected chi connectivity index (χ3v) is 3.10. The fraction of sp³-hybridized carbons (Fsp3) is 0.917. The van der Waals surface area contributed by atoms with E-state index >= 15 is 0 Å². The molecule has 0 aromatic rings. The normalized spacial score (nSPS) is 19.0. The highest BCUT2D eigenvalue weighted by Gasteiger charge is 2.32. The summed E-state index contributed by atoms with van der Waals surface area (Å²) >= 11 is 0. The lowest BCUT2D eigenvalue weighted by Gasteiger charge is -2.28. The molecule has 1 aliphatic rings. The highest BCUT2D eigenvalue weighted by Crippen LogP contribution is 2.29. The zero-order valence-corrected chi connectivity index (χ0v) is 10.4. The Bertz CT molecular complexity index is 224. The fourth-order valence-corrected chi connectivity index (χ4v) is 2.29. The van der Waals surface area contributed by atoms with Gasteiger partial charge in [0.1, 0.15) is 0 Å². The summed E-state index contributed by atoms with van der Waals surface area (Å²) in [7, 11) is 1.94. The molecule has 0 amide bonds. The molecule has 94 valence electrons. The molecule has 0 radical (unpaired) electrons. The zero-order chi connectivity index (χ0) is 12.0. The molecule has 0 aromatic heterocycles. The molecule has 0 atom stereocenters. The van der Waals surface area contributed by atoms with E-state index in [0.29, 0.717) is 26.1 Å². The average Bonchev–Trinajstić information content (AvgIpc) is 2.62. The van der Waals surface area contributed by atoms with Crippen LogP contribution in [0.5, 0.6) is 0 Å². The van der Waals surface area contributed by atoms with Gasteiger partial charge in [0.2, 0.25) is 0 Å². The van der Waals surface area contributed by atoms with Crippen LogP contribution in [-0.2, 0) is 9.53 Å². The number of hydrogen-bond acceptors (Lipinski definition) is 4. The Labute approximate surface area is 97.6 Å². The fourth-order valence-electron chi connectivity index (χ4n) is 2.29. The lowest BCUT2D eigenvalue weighted by molar-refractivity contribution is -0.143. The van der Waals surface area contributed by atoms with Gasteiger partial charge in [-0.3, -0.25) is 4.79 Å². The summed E-state index contributed by atoms with van der Waals surface area (Å²) in [4.78, 5) is 13.2. The van der Waals surface area contributed by atoms with E-state index in [1.54, 1.807) is 0 Å². The van der Waals surface area contributed by atoms with Gasteiger partial charge in [-0.25, -0.2) is 0 Å². The molecule has 4 nitrogen and oxygen atoms in total. The van der Waals surface area contributed by atoms with Gasteiger partial charge >= 0.3 is 5.97 Å². The van der Waals surface area contributed by atoms with Crippen LogP contribution in [0.1, 0.15) is 39.0 Å². The van der Waals surface area contributed by atoms with Crippen molar-refractivity contribution < 1.29 is 14.6 Å². The molecule has 0 unspecified atom stereocenters. The monoisotopic (exact) mass is 229 g/mol. The van der Waals surface area contributed by atoms with Crippen LogP contribution in [0.15, 0.2) is 0 Å². The predicted octanol–water partition coefficient (Wildman–Crippen LogP) is 1.18. The van der Waals surface area contributed by atoms with Crippen LogP contribution in [0.4, 0.5) is 0 Å². The van der Waals surface area contributed by atoms with Gasteiger partial charge in [0.25, 0.3) is 0 Å². The minimum absolute atomic E-state index is 0.159. The molecule has 1 fully saturated rings. The summed E-state index contributed by atoms with van der Waals surface area (Å²) in [6, 6.07) is 0. The first kappa shape index (κ1) is 13.5. The molecule has 1 aliphatic carbocycles. The van der Waals surface area contributed by atoms with E-state index < -0.39 is 5.60 Å². The molecule has 0 saturated heterocycles. The first-order valence-electron chi connectivity index (χ1n) is 6.12. The Morgan fingerprint density at radius 3 is 2.62 bits per heavy atom. The summed E-state index contributed by atoms with van der Waals surface area (Å²) < 4.78 is 4.86. The summed E-state index contributed by atoms with van der Waals surface area (Å²) in [5.41, 5.74) is -0.524. The topological polar surface area (TPSA) is 49.8 Å². The molecule has 1 saturated carbocycles. The molecule has 1 N–H and O–H groups in total. The van der Waals surface area contributed by atoms with Crippen LogP contribution in [-0.4, -0.2) is 48.3 Å². The number of esters is 1. The second-order valence-electron chi connectivity index (χ2n) is 4.72. The quantitative estimate of drug-likeness (QED) is 0.695. The van der Waals surface area contributed by atoms with Crippen LogP contribution < -0.4 is 0 Å². The summed E-state index contributed by atoms with van der Waals surface area (Å²) in [5.74, 6) is -0.159. The minimum Gasteiger partial charge on any atom is -0.466 e. The van der Waals surface area contributed by atoms with Crippen molar-refractivity contribution >= 4 is 5.97 Å². The number of ether oxygens (including phenoxy) is 1. The Morgan fingerprint density at radius 1 is 1.44 bits per heavy atom. The smallest absolute Gasteiger partial charge is 0.307 e. The highest BCUT2D eigenvalue weighted by molar-refractivity contribution is 5.69. The van der Waals surface area contributed by atoms with E-state index in [2.05, 4.69) is 0 Å². The second-order valence-corrected chi connectivity index (χ2v) is 4.72. The van der Waals surface area contributed by atoms with Gasteiger partial charge in [0, 0.05) is 13.1 Å². The number of carbonyl (C=O) groups excluding carboxylic acids is 1. The molecular weight excluding hydrogens is 206 g/mol. The Balaban J connectivity index is 2.19. The average molecular weight is 229 g/mol. The van der Waals surface area contributed by atoms with Crippen molar-refractivity contribution in [1.82, 2.24) is 4.90 Å². The Hall–Kier alpha value is -0.610. The van der Waals surface area contributed by atoms with Crippen molar-refractivity contribution in [2.75, 3.05) is 26.7 Å². The van der Waals surface area contributed by atoms with Gasteiger partial charge in [-0.15, -0.1) is 0 Å². The van der Waals surface area contributed by atoms with E-state index in [1.165, 1.54) is 0 Å². The van der Waals surface area contributed by atoms with Gasteiger partial charge < -0.3 is 14.7 Å². The molecule has 1 rings (SSSR count). The highest BCUT2D eigenvalue weighted by atomic mass is 16.5. The van der Waals surface area contributed by atoms with Gasteiger partial charge in [0.05, 0.1) is 18.6 Å². The molecule has 0 aliphatic heterocycles. The van der Waals surface area contributed by atoms with Crippen molar-refractivity contribution in [1.29, 1.82) is 0 Å². The van der Waals surface area contributed by atoms with Crippen molar-refractivity contribution in [3.8, 4) is 0 Å². The standard InChI is InChI=1S/C12H23NO3/c1-3-16-11(14)6-9-13(2)10-12(15)7-4-5-8-12/h15H,3-10H2,1-2H3. The summed E-state index contributed by atoms with van der Waals surface area (Å²) in [5, 5.41) is 10.2. The van der Waals surface area contributed by atoms with Crippen molar-refractivity contribution in [3.63, 3.8) is 0 Å². The molecular formula is C12H23NO3. The van der Waals surface area contributed by atoms with Gasteiger partial charge in [0.15, 0.2) is 0 Å². The van der Waals surface area contributed by atoms with Gasteiger partial charge in [-0.1, -0.05) is 12.8 Å². The zero-order valence-electron chi connectivity index (χ0n) is 10.4. The number of rotatable bonds is 6. The van der Waals surface area contributed by atoms with Gasteiger partial charge in [-0.2, -0.15) is 0 Å². The maximum absolute atomic E-state index is 11.2. The number of nitrogens with zero attached hydrogens (tertiary/aromatic N) is 1. The first-order chi connectivity index (χ1) is 7.56. The number of hydrogen-bond donors (Lipinski definition) is 1. The first-order valence-corrected chi connectivity index (χ1v) is 6.12. The third-order valence-electron chi connectivity index (χ3n) is 3.10. The molecule has 0 aromatic carbocycles. The summed E-state index contributed by atoms with van der Waals surface area (Å²) in [6.07, 6.45) is 4.40. The van der Waals surface area contributed by atoms with Crippen molar-refractivity contribution in [2.24, 2.45) is 0 Å². The molecule has 0 heterocycles. The largest absolute Gasteiger partial charge is 0.466 e. The minimum atomic E-state index is -0.524. The lowest BCUT2D eigenvalue weighted by Crippen LogP contribution is -2.40. The van der Waals surface area contributed by atoms with E-state index in [4.69, 9.17) is 4.74 Å². The number of likely N-dealkylation sites (N-methyl/N-ethyl adjacent to an activating group) is 1. The lowest BCUT2D eigenvalue weighted by atomic mass is 10.0. The molecule has 16 heavy (non-hydrogen) atoms. The number of aliphatic hydroxyl groups is 1. The van der Waals surface area contributed by atoms with Crippen LogP contribution in [0, 0.1) is 0 Å². The van der Waals surface area contributed by atoms with Gasteiger partial charge in [-0.05, 0) is 26.8 Å². The SMILES string of the molecule is CCOC(=O)CCN(C)CC1(O)CCCC1. The van der Waals surface area contributed by atoms with E-state index in [9.17, 15) is 9.90 Å². The molecule has 0 spiro atoms. The predicted molar refractivity (Wildman–Crippen MR) is 62.2 cm³/mol. The van der Waals surface area contributed by atoms with E-state index in [1.807, 2.05) is 18.9 Å². The Morgan fingerprint density at radius 2 is 2.06 bits per heavy atom. The van der Waals surface area contributed by atoms with E-state index in [0.717, 1.165) is 25.7 Å². The maximum atomic E-state index is 11.2. The van der Waals surface area contributed by atoms with Crippen LogP contribution >= 0.6 is 0 Å². The molecule has 0 bridgehead atoms. The van der Waals surface area contributed by atoms with Crippen LogP contribution in [0.25, 0.3) is 0 Å². The van der Waals surface area contributed by atoms with Crippen LogP contribution in [0.3, 0.4) is 0 Å². The van der Waals surface area contributed by atoms with E-state index in [-0.39, 0.29) is 5.97 Å².